The van der Waals surface area contributed by atoms with Crippen LogP contribution in [-0.2, 0) is 22.6 Å². The lowest BCUT2D eigenvalue weighted by Crippen LogP contribution is -2.44. The largest absolute Gasteiger partial charge is 0.481 e. The van der Waals surface area contributed by atoms with E-state index in [1.807, 2.05) is 39.0 Å². The summed E-state index contributed by atoms with van der Waals surface area (Å²) in [5.41, 5.74) is 1.42. The molecule has 0 radical (unpaired) electrons. The lowest BCUT2D eigenvalue weighted by molar-refractivity contribution is -0.136. The van der Waals surface area contributed by atoms with Crippen LogP contribution in [0.1, 0.15) is 31.9 Å². The quantitative estimate of drug-likeness (QED) is 0.733. The van der Waals surface area contributed by atoms with Crippen molar-refractivity contribution in [1.82, 2.24) is 10.6 Å². The molecule has 0 saturated heterocycles. The molecule has 1 rings (SSSR count). The number of rotatable bonds is 6. The normalized spacial score (nSPS) is 11.2. The van der Waals surface area contributed by atoms with Crippen LogP contribution in [0.15, 0.2) is 24.3 Å². The minimum Gasteiger partial charge on any atom is -0.481 e. The molecule has 0 aliphatic rings. The van der Waals surface area contributed by atoms with Crippen LogP contribution >= 0.6 is 0 Å². The highest BCUT2D eigenvalue weighted by Gasteiger charge is 2.13. The average Bonchev–Trinajstić information content (AvgIpc) is 2.28. The van der Waals surface area contributed by atoms with Crippen molar-refractivity contribution in [2.75, 3.05) is 6.54 Å². The summed E-state index contributed by atoms with van der Waals surface area (Å²) in [4.78, 5) is 22.4. The van der Waals surface area contributed by atoms with Crippen LogP contribution in [0, 0.1) is 0 Å². The summed E-state index contributed by atoms with van der Waals surface area (Å²) in [6.07, 6.45) is -0.00790. The molecule has 0 spiro atoms. The Kier molecular flexibility index (Phi) is 5.70. The first-order valence-corrected chi connectivity index (χ1v) is 6.58. The van der Waals surface area contributed by atoms with Crippen molar-refractivity contribution in [3.63, 3.8) is 0 Å². The zero-order valence-corrected chi connectivity index (χ0v) is 12.2. The monoisotopic (exact) mass is 278 g/mol. The topological polar surface area (TPSA) is 78.4 Å². The maximum Gasteiger partial charge on any atom is 0.307 e. The molecule has 0 saturated carbocycles. The zero-order chi connectivity index (χ0) is 15.2. The molecule has 1 aromatic rings. The molecule has 5 heteroatoms. The number of carbonyl (C=O) groups excluding carboxylic acids is 1. The molecule has 110 valence electrons. The van der Waals surface area contributed by atoms with Crippen molar-refractivity contribution in [3.05, 3.63) is 35.4 Å². The Hall–Kier alpha value is -1.88. The highest BCUT2D eigenvalue weighted by molar-refractivity contribution is 5.78. The van der Waals surface area contributed by atoms with Gasteiger partial charge in [-0.15, -0.1) is 0 Å². The second kappa shape index (κ2) is 7.05. The van der Waals surface area contributed by atoms with Gasteiger partial charge in [-0.3, -0.25) is 9.59 Å². The summed E-state index contributed by atoms with van der Waals surface area (Å²) in [5, 5.41) is 14.7. The van der Waals surface area contributed by atoms with Gasteiger partial charge in [0.2, 0.25) is 5.91 Å². The second-order valence-corrected chi connectivity index (χ2v) is 5.74. The van der Waals surface area contributed by atoms with Gasteiger partial charge >= 0.3 is 5.97 Å². The summed E-state index contributed by atoms with van der Waals surface area (Å²) < 4.78 is 0. The van der Waals surface area contributed by atoms with E-state index < -0.39 is 5.97 Å². The number of hydrogen-bond donors (Lipinski definition) is 3. The maximum atomic E-state index is 11.6. The van der Waals surface area contributed by atoms with Gasteiger partial charge in [-0.25, -0.2) is 0 Å². The fourth-order valence-electron chi connectivity index (χ4n) is 1.84. The third-order valence-electron chi connectivity index (χ3n) is 2.58. The van der Waals surface area contributed by atoms with E-state index in [9.17, 15) is 9.59 Å². The SMILES string of the molecule is CC(C)(C)NC(=O)CNCc1ccccc1CC(=O)O. The predicted octanol–water partition coefficient (Wildman–Crippen LogP) is 1.32. The second-order valence-electron chi connectivity index (χ2n) is 5.74. The van der Waals surface area contributed by atoms with Crippen LogP contribution in [0.25, 0.3) is 0 Å². The van der Waals surface area contributed by atoms with Crippen molar-refractivity contribution in [2.24, 2.45) is 0 Å². The van der Waals surface area contributed by atoms with E-state index in [0.717, 1.165) is 11.1 Å². The summed E-state index contributed by atoms with van der Waals surface area (Å²) in [5.74, 6) is -0.934. The van der Waals surface area contributed by atoms with Crippen LogP contribution in [0.5, 0.6) is 0 Å². The Morgan fingerprint density at radius 2 is 1.75 bits per heavy atom. The molecule has 5 nitrogen and oxygen atoms in total. The van der Waals surface area contributed by atoms with Gasteiger partial charge in [0.1, 0.15) is 0 Å². The van der Waals surface area contributed by atoms with E-state index in [4.69, 9.17) is 5.11 Å². The van der Waals surface area contributed by atoms with E-state index in [0.29, 0.717) is 6.54 Å². The lowest BCUT2D eigenvalue weighted by Gasteiger charge is -2.20. The van der Waals surface area contributed by atoms with E-state index in [2.05, 4.69) is 10.6 Å². The van der Waals surface area contributed by atoms with Crippen molar-refractivity contribution >= 4 is 11.9 Å². The Morgan fingerprint density at radius 1 is 1.15 bits per heavy atom. The summed E-state index contributed by atoms with van der Waals surface area (Å²) in [6, 6.07) is 7.33. The molecule has 1 aromatic carbocycles. The third kappa shape index (κ3) is 6.33. The van der Waals surface area contributed by atoms with Crippen molar-refractivity contribution in [2.45, 2.75) is 39.3 Å². The van der Waals surface area contributed by atoms with Gasteiger partial charge in [0, 0.05) is 12.1 Å². The molecule has 0 bridgehead atoms. The van der Waals surface area contributed by atoms with Gasteiger partial charge in [-0.2, -0.15) is 0 Å². The average molecular weight is 278 g/mol. The van der Waals surface area contributed by atoms with Crippen LogP contribution in [0.3, 0.4) is 0 Å². The van der Waals surface area contributed by atoms with Crippen LogP contribution < -0.4 is 10.6 Å². The molecular weight excluding hydrogens is 256 g/mol. The van der Waals surface area contributed by atoms with Gasteiger partial charge in [-0.1, -0.05) is 24.3 Å². The van der Waals surface area contributed by atoms with Gasteiger partial charge in [0.15, 0.2) is 0 Å². The maximum absolute atomic E-state index is 11.6. The zero-order valence-electron chi connectivity index (χ0n) is 12.2. The molecule has 1 amide bonds. The van der Waals surface area contributed by atoms with Gasteiger partial charge in [0.05, 0.1) is 13.0 Å². The number of benzene rings is 1. The number of hydrogen-bond acceptors (Lipinski definition) is 3. The Morgan fingerprint density at radius 3 is 2.30 bits per heavy atom. The van der Waals surface area contributed by atoms with Gasteiger partial charge in [-0.05, 0) is 31.9 Å². The van der Waals surface area contributed by atoms with E-state index in [1.54, 1.807) is 6.07 Å². The molecule has 0 heterocycles. The smallest absolute Gasteiger partial charge is 0.307 e. The number of amides is 1. The number of aliphatic carboxylic acids is 1. The van der Waals surface area contributed by atoms with Crippen LogP contribution in [0.4, 0.5) is 0 Å². The van der Waals surface area contributed by atoms with E-state index in [1.165, 1.54) is 0 Å². The number of carboxylic acid groups (broad SMARTS) is 1. The van der Waals surface area contributed by atoms with Crippen molar-refractivity contribution < 1.29 is 14.7 Å². The minimum absolute atomic E-state index is 0.00790. The Bertz CT molecular complexity index is 478. The first-order chi connectivity index (χ1) is 9.28. The molecule has 3 N–H and O–H groups in total. The predicted molar refractivity (Wildman–Crippen MR) is 77.4 cm³/mol. The molecule has 0 fully saturated rings. The fourth-order valence-corrected chi connectivity index (χ4v) is 1.84. The van der Waals surface area contributed by atoms with Gasteiger partial charge < -0.3 is 15.7 Å². The minimum atomic E-state index is -0.858. The molecular formula is C15H22N2O3. The number of carbonyl (C=O) groups is 2. The number of nitrogens with one attached hydrogen (secondary N) is 2. The van der Waals surface area contributed by atoms with Crippen molar-refractivity contribution in [3.8, 4) is 0 Å². The molecule has 0 aliphatic carbocycles. The molecule has 0 aliphatic heterocycles. The van der Waals surface area contributed by atoms with Crippen LogP contribution in [0.2, 0.25) is 0 Å². The van der Waals surface area contributed by atoms with Gasteiger partial charge in [0.25, 0.3) is 0 Å². The summed E-state index contributed by atoms with van der Waals surface area (Å²) >= 11 is 0. The van der Waals surface area contributed by atoms with E-state index in [-0.39, 0.29) is 24.4 Å². The third-order valence-corrected chi connectivity index (χ3v) is 2.58. The Balaban J connectivity index is 2.50. The molecule has 0 unspecified atom stereocenters. The molecule has 0 aromatic heterocycles. The first kappa shape index (κ1) is 16.2. The number of carboxylic acids is 1. The standard InChI is InChI=1S/C15H22N2O3/c1-15(2,3)17-13(18)10-16-9-12-7-5-4-6-11(12)8-14(19)20/h4-7,16H,8-10H2,1-3H3,(H,17,18)(H,19,20). The Labute approximate surface area is 119 Å². The van der Waals surface area contributed by atoms with Crippen LogP contribution in [-0.4, -0.2) is 29.1 Å². The highest BCUT2D eigenvalue weighted by atomic mass is 16.4. The summed E-state index contributed by atoms with van der Waals surface area (Å²) in [7, 11) is 0. The van der Waals surface area contributed by atoms with E-state index >= 15 is 0 Å². The fraction of sp³-hybridized carbons (Fsp3) is 0.467. The highest BCUT2D eigenvalue weighted by Crippen LogP contribution is 2.09. The van der Waals surface area contributed by atoms with Crippen molar-refractivity contribution in [1.29, 1.82) is 0 Å². The lowest BCUT2D eigenvalue weighted by atomic mass is 10.0. The molecule has 0 atom stereocenters. The molecule has 20 heavy (non-hydrogen) atoms. The summed E-state index contributed by atoms with van der Waals surface area (Å²) in [6.45, 7) is 6.45. The first-order valence-electron chi connectivity index (χ1n) is 6.58.